The van der Waals surface area contributed by atoms with Crippen LogP contribution in [-0.2, 0) is 0 Å². The molecule has 3 nitrogen and oxygen atoms in total. The van der Waals surface area contributed by atoms with Gasteiger partial charge in [-0.1, -0.05) is 29.8 Å². The van der Waals surface area contributed by atoms with Crippen molar-refractivity contribution in [2.45, 2.75) is 6.92 Å². The largest absolute Gasteiger partial charge is 0.323 e. The van der Waals surface area contributed by atoms with Crippen LogP contribution in [0.1, 0.15) is 5.56 Å². The van der Waals surface area contributed by atoms with Gasteiger partial charge in [0.1, 0.15) is 5.82 Å². The van der Waals surface area contributed by atoms with Gasteiger partial charge in [0.15, 0.2) is 0 Å². The first kappa shape index (κ1) is 13.4. The summed E-state index contributed by atoms with van der Waals surface area (Å²) < 4.78 is 13.6. The number of nitrogens with one attached hydrogen (secondary N) is 2. The van der Waals surface area contributed by atoms with Gasteiger partial charge in [-0.05, 0) is 36.8 Å². The van der Waals surface area contributed by atoms with Crippen molar-refractivity contribution < 1.29 is 9.18 Å². The summed E-state index contributed by atoms with van der Waals surface area (Å²) in [4.78, 5) is 11.7. The van der Waals surface area contributed by atoms with Crippen LogP contribution in [-0.4, -0.2) is 6.03 Å². The second-order valence-electron chi connectivity index (χ2n) is 4.03. The summed E-state index contributed by atoms with van der Waals surface area (Å²) in [5.74, 6) is -0.571. The van der Waals surface area contributed by atoms with Gasteiger partial charge >= 0.3 is 6.03 Å². The molecule has 2 aromatic rings. The number of para-hydroxylation sites is 1. The van der Waals surface area contributed by atoms with Gasteiger partial charge in [-0.3, -0.25) is 0 Å². The number of halogens is 2. The van der Waals surface area contributed by atoms with Crippen LogP contribution in [0.25, 0.3) is 0 Å². The zero-order chi connectivity index (χ0) is 13.8. The molecule has 0 aliphatic heterocycles. The summed E-state index contributed by atoms with van der Waals surface area (Å²) in [5, 5.41) is 5.37. The highest BCUT2D eigenvalue weighted by molar-refractivity contribution is 6.31. The summed E-state index contributed by atoms with van der Waals surface area (Å²) in [6.07, 6.45) is 0. The third-order valence-corrected chi connectivity index (χ3v) is 2.94. The molecule has 0 saturated carbocycles. The highest BCUT2D eigenvalue weighted by Gasteiger charge is 2.09. The van der Waals surface area contributed by atoms with Gasteiger partial charge < -0.3 is 10.6 Å². The van der Waals surface area contributed by atoms with Gasteiger partial charge in [0, 0.05) is 10.7 Å². The normalized spacial score (nSPS) is 10.1. The molecule has 0 radical (unpaired) electrons. The van der Waals surface area contributed by atoms with Gasteiger partial charge in [0.25, 0.3) is 0 Å². The number of anilines is 2. The number of carbonyl (C=O) groups excluding carboxylic acids is 1. The molecule has 0 spiro atoms. The zero-order valence-corrected chi connectivity index (χ0v) is 11.0. The fourth-order valence-corrected chi connectivity index (χ4v) is 1.71. The van der Waals surface area contributed by atoms with E-state index in [1.807, 2.05) is 6.07 Å². The molecule has 0 fully saturated rings. The third-order valence-electron chi connectivity index (χ3n) is 2.53. The van der Waals surface area contributed by atoms with E-state index in [0.29, 0.717) is 16.3 Å². The van der Waals surface area contributed by atoms with Crippen molar-refractivity contribution in [1.82, 2.24) is 0 Å². The number of amides is 2. The summed E-state index contributed by atoms with van der Waals surface area (Å²) in [6, 6.07) is 11.1. The lowest BCUT2D eigenvalue weighted by atomic mass is 10.2. The Balaban J connectivity index is 2.09. The Labute approximate surface area is 115 Å². The van der Waals surface area contributed by atoms with Gasteiger partial charge in [0.05, 0.1) is 5.69 Å². The lowest BCUT2D eigenvalue weighted by Crippen LogP contribution is -2.20. The lowest BCUT2D eigenvalue weighted by Gasteiger charge is -2.09. The molecule has 0 bridgehead atoms. The van der Waals surface area contributed by atoms with Gasteiger partial charge in [0.2, 0.25) is 0 Å². The number of hydrogen-bond donors (Lipinski definition) is 2. The Bertz CT molecular complexity index is 602. The Morgan fingerprint density at radius 1 is 1.16 bits per heavy atom. The lowest BCUT2D eigenvalue weighted by molar-refractivity contribution is 0.262. The Morgan fingerprint density at radius 3 is 2.53 bits per heavy atom. The molecule has 0 unspecified atom stereocenters. The Kier molecular flexibility index (Phi) is 4.02. The van der Waals surface area contributed by atoms with Crippen molar-refractivity contribution in [2.75, 3.05) is 10.6 Å². The number of hydrogen-bond acceptors (Lipinski definition) is 1. The van der Waals surface area contributed by atoms with Crippen LogP contribution in [0.4, 0.5) is 20.6 Å². The molecule has 0 aliphatic rings. The quantitative estimate of drug-likeness (QED) is 0.838. The maximum atomic E-state index is 13.6. The van der Waals surface area contributed by atoms with E-state index in [-0.39, 0.29) is 5.69 Å². The van der Waals surface area contributed by atoms with Crippen LogP contribution < -0.4 is 10.6 Å². The van der Waals surface area contributed by atoms with E-state index in [9.17, 15) is 9.18 Å². The molecule has 2 amide bonds. The molecular formula is C14H12ClFN2O. The van der Waals surface area contributed by atoms with E-state index < -0.39 is 11.8 Å². The Hall–Kier alpha value is -2.07. The maximum absolute atomic E-state index is 13.6. The predicted octanol–water partition coefficient (Wildman–Crippen LogP) is 4.43. The summed E-state index contributed by atoms with van der Waals surface area (Å²) >= 11 is 5.78. The van der Waals surface area contributed by atoms with E-state index >= 15 is 0 Å². The molecule has 2 rings (SSSR count). The van der Waals surface area contributed by atoms with Crippen LogP contribution in [0.3, 0.4) is 0 Å². The number of rotatable bonds is 2. The Morgan fingerprint density at radius 2 is 1.84 bits per heavy atom. The molecule has 98 valence electrons. The highest BCUT2D eigenvalue weighted by atomic mass is 35.5. The molecule has 0 saturated heterocycles. The molecule has 2 N–H and O–H groups in total. The van der Waals surface area contributed by atoms with Gasteiger partial charge in [-0.2, -0.15) is 0 Å². The van der Waals surface area contributed by atoms with Crippen molar-refractivity contribution in [3.8, 4) is 0 Å². The van der Waals surface area contributed by atoms with Crippen LogP contribution >= 0.6 is 11.6 Å². The van der Waals surface area contributed by atoms with Crippen molar-refractivity contribution in [3.63, 3.8) is 0 Å². The third kappa shape index (κ3) is 3.45. The standard InChI is InChI=1S/C14H12ClFN2O/c1-9-7-13(12(16)8-11(9)15)18-14(19)17-10-5-3-2-4-6-10/h2-8H,1H3,(H2,17,18,19). The molecule has 0 atom stereocenters. The number of benzene rings is 2. The van der Waals surface area contributed by atoms with Crippen LogP contribution in [0, 0.1) is 12.7 Å². The first-order valence-electron chi connectivity index (χ1n) is 5.65. The topological polar surface area (TPSA) is 41.1 Å². The molecule has 0 aromatic heterocycles. The van der Waals surface area contributed by atoms with E-state index in [1.165, 1.54) is 12.1 Å². The SMILES string of the molecule is Cc1cc(NC(=O)Nc2ccccc2)c(F)cc1Cl. The molecule has 19 heavy (non-hydrogen) atoms. The van der Waals surface area contributed by atoms with Crippen molar-refractivity contribution in [2.24, 2.45) is 0 Å². The van der Waals surface area contributed by atoms with E-state index in [1.54, 1.807) is 31.2 Å². The van der Waals surface area contributed by atoms with Gasteiger partial charge in [-0.25, -0.2) is 9.18 Å². The molecule has 2 aromatic carbocycles. The molecular weight excluding hydrogens is 267 g/mol. The fourth-order valence-electron chi connectivity index (χ4n) is 1.56. The second kappa shape index (κ2) is 5.71. The smallest absolute Gasteiger partial charge is 0.308 e. The van der Waals surface area contributed by atoms with E-state index in [0.717, 1.165) is 0 Å². The van der Waals surface area contributed by atoms with Crippen LogP contribution in [0.15, 0.2) is 42.5 Å². The summed E-state index contributed by atoms with van der Waals surface area (Å²) in [6.45, 7) is 1.74. The molecule has 0 heterocycles. The maximum Gasteiger partial charge on any atom is 0.323 e. The fraction of sp³-hybridized carbons (Fsp3) is 0.0714. The van der Waals surface area contributed by atoms with Crippen LogP contribution in [0.2, 0.25) is 5.02 Å². The molecule has 5 heteroatoms. The zero-order valence-electron chi connectivity index (χ0n) is 10.2. The first-order chi connectivity index (χ1) is 9.06. The predicted molar refractivity (Wildman–Crippen MR) is 75.2 cm³/mol. The van der Waals surface area contributed by atoms with Crippen molar-refractivity contribution >= 4 is 29.0 Å². The minimum atomic E-state index is -0.571. The number of aryl methyl sites for hydroxylation is 1. The second-order valence-corrected chi connectivity index (χ2v) is 4.43. The number of urea groups is 1. The average Bonchev–Trinajstić information content (AvgIpc) is 2.37. The van der Waals surface area contributed by atoms with E-state index in [4.69, 9.17) is 11.6 Å². The molecule has 0 aliphatic carbocycles. The van der Waals surface area contributed by atoms with Crippen molar-refractivity contribution in [1.29, 1.82) is 0 Å². The minimum absolute atomic E-state index is 0.0929. The summed E-state index contributed by atoms with van der Waals surface area (Å²) in [5.41, 5.74) is 1.42. The average molecular weight is 279 g/mol. The monoisotopic (exact) mass is 278 g/mol. The summed E-state index contributed by atoms with van der Waals surface area (Å²) in [7, 11) is 0. The minimum Gasteiger partial charge on any atom is -0.308 e. The highest BCUT2D eigenvalue weighted by Crippen LogP contribution is 2.23. The van der Waals surface area contributed by atoms with Crippen molar-refractivity contribution in [3.05, 3.63) is 58.9 Å². The van der Waals surface area contributed by atoms with Gasteiger partial charge in [-0.15, -0.1) is 0 Å². The van der Waals surface area contributed by atoms with Crippen LogP contribution in [0.5, 0.6) is 0 Å². The first-order valence-corrected chi connectivity index (χ1v) is 6.03. The van der Waals surface area contributed by atoms with E-state index in [2.05, 4.69) is 10.6 Å². The number of carbonyl (C=O) groups is 1.